The van der Waals surface area contributed by atoms with Gasteiger partial charge in [0.1, 0.15) is 23.9 Å². The number of nitrogens with one attached hydrogen (secondary N) is 4. The van der Waals surface area contributed by atoms with Crippen LogP contribution < -0.4 is 33.2 Å². The molecule has 15 nitrogen and oxygen atoms in total. The maximum absolute atomic E-state index is 13.4. The summed E-state index contributed by atoms with van der Waals surface area (Å²) in [5, 5.41) is 26.9. The van der Waals surface area contributed by atoms with Gasteiger partial charge in [-0.1, -0.05) is 12.1 Å². The molecule has 0 fully saturated rings. The maximum atomic E-state index is 13.4. The van der Waals surface area contributed by atoms with Crippen molar-refractivity contribution in [2.75, 3.05) is 18.6 Å². The summed E-state index contributed by atoms with van der Waals surface area (Å²) >= 11 is 1.45. The summed E-state index contributed by atoms with van der Waals surface area (Å²) in [6.07, 6.45) is 5.53. The largest absolute Gasteiger partial charge is 0.508 e. The number of carbonyl (C=O) groups is 4. The Hall–Kier alpha value is -4.31. The van der Waals surface area contributed by atoms with E-state index in [1.165, 1.54) is 36.4 Å². The first-order valence-corrected chi connectivity index (χ1v) is 14.6. The molecule has 0 radical (unpaired) electrons. The molecule has 230 valence electrons. The molecule has 4 unspecified atom stereocenters. The molecule has 3 amide bonds. The number of aliphatic carboxylic acids is 1. The molecule has 4 atom stereocenters. The van der Waals surface area contributed by atoms with Crippen molar-refractivity contribution in [3.63, 3.8) is 0 Å². The van der Waals surface area contributed by atoms with Crippen LogP contribution >= 0.6 is 11.8 Å². The molecule has 0 bridgehead atoms. The number of rotatable bonds is 18. The van der Waals surface area contributed by atoms with Crippen molar-refractivity contribution in [2.45, 2.75) is 56.3 Å². The molecule has 12 N–H and O–H groups in total. The number of amides is 3. The number of aromatic amines is 1. The lowest BCUT2D eigenvalue weighted by Crippen LogP contribution is -2.58. The second-order valence-corrected chi connectivity index (χ2v) is 10.5. The average Bonchev–Trinajstić information content (AvgIpc) is 3.46. The number of thioether (sulfide) groups is 1. The number of hydrogen-bond acceptors (Lipinski definition) is 9. The standard InChI is InChI=1S/C26H39N9O6S/c1-42-10-8-19(23(38)34-20(25(40)41)3-2-9-31-26(28)29)33-24(39)21(12-16-13-30-14-32-16)35-22(37)18(27)11-15-4-6-17(36)7-5-15/h4-7,13-14,18-21,36H,2-3,8-12,27H2,1H3,(H,30,32)(H,33,39)(H,34,38)(H,35,37)(H,40,41)(H4,28,29,31). The van der Waals surface area contributed by atoms with Crippen LogP contribution in [0.5, 0.6) is 5.75 Å². The molecule has 0 aliphatic carbocycles. The Balaban J connectivity index is 2.13. The van der Waals surface area contributed by atoms with E-state index in [0.29, 0.717) is 23.4 Å². The maximum Gasteiger partial charge on any atom is 0.326 e. The third kappa shape index (κ3) is 12.1. The summed E-state index contributed by atoms with van der Waals surface area (Å²) in [6.45, 7) is 0.193. The summed E-state index contributed by atoms with van der Waals surface area (Å²) in [5.74, 6) is -2.72. The third-order valence-electron chi connectivity index (χ3n) is 6.14. The fourth-order valence-electron chi connectivity index (χ4n) is 3.89. The minimum absolute atomic E-state index is 0.0307. The molecule has 1 heterocycles. The number of aromatic hydroxyl groups is 1. The van der Waals surface area contributed by atoms with Gasteiger partial charge < -0.3 is 48.3 Å². The highest BCUT2D eigenvalue weighted by molar-refractivity contribution is 7.98. The van der Waals surface area contributed by atoms with E-state index < -0.39 is 47.9 Å². The van der Waals surface area contributed by atoms with Gasteiger partial charge >= 0.3 is 5.97 Å². The number of aliphatic imine (C=N–C) groups is 1. The first kappa shape index (κ1) is 33.9. The van der Waals surface area contributed by atoms with Crippen LogP contribution in [0.2, 0.25) is 0 Å². The van der Waals surface area contributed by atoms with Crippen LogP contribution in [0.3, 0.4) is 0 Å². The lowest BCUT2D eigenvalue weighted by atomic mass is 10.0. The second-order valence-electron chi connectivity index (χ2n) is 9.51. The number of nitrogens with zero attached hydrogens (tertiary/aromatic N) is 2. The number of phenols is 1. The summed E-state index contributed by atoms with van der Waals surface area (Å²) in [4.78, 5) is 61.9. The number of imidazole rings is 1. The van der Waals surface area contributed by atoms with Gasteiger partial charge in [0.05, 0.1) is 12.4 Å². The molecule has 1 aromatic heterocycles. The summed E-state index contributed by atoms with van der Waals surface area (Å²) in [7, 11) is 0. The number of hydrogen-bond donors (Lipinski definition) is 9. The van der Waals surface area contributed by atoms with Crippen molar-refractivity contribution in [1.29, 1.82) is 0 Å². The van der Waals surface area contributed by atoms with Gasteiger partial charge in [0.25, 0.3) is 0 Å². The monoisotopic (exact) mass is 605 g/mol. The van der Waals surface area contributed by atoms with Gasteiger partial charge in [0.2, 0.25) is 17.7 Å². The molecule has 0 aliphatic heterocycles. The average molecular weight is 606 g/mol. The van der Waals surface area contributed by atoms with E-state index >= 15 is 0 Å². The van der Waals surface area contributed by atoms with Crippen molar-refractivity contribution >= 4 is 41.4 Å². The minimum Gasteiger partial charge on any atom is -0.508 e. The number of carboxylic acid groups (broad SMARTS) is 1. The third-order valence-corrected chi connectivity index (χ3v) is 6.79. The van der Waals surface area contributed by atoms with Crippen LogP contribution in [0.25, 0.3) is 0 Å². The predicted molar refractivity (Wildman–Crippen MR) is 158 cm³/mol. The van der Waals surface area contributed by atoms with Gasteiger partial charge in [-0.15, -0.1) is 0 Å². The predicted octanol–water partition coefficient (Wildman–Crippen LogP) is -1.43. The fourth-order valence-corrected chi connectivity index (χ4v) is 4.36. The lowest BCUT2D eigenvalue weighted by molar-refractivity contribution is -0.142. The van der Waals surface area contributed by atoms with E-state index in [1.807, 2.05) is 6.26 Å². The zero-order chi connectivity index (χ0) is 31.1. The van der Waals surface area contributed by atoms with Gasteiger partial charge in [-0.25, -0.2) is 9.78 Å². The number of benzene rings is 1. The number of guanidine groups is 1. The van der Waals surface area contributed by atoms with E-state index in [1.54, 1.807) is 12.1 Å². The molecule has 2 aromatic rings. The zero-order valence-electron chi connectivity index (χ0n) is 23.3. The van der Waals surface area contributed by atoms with Crippen LogP contribution in [0.15, 0.2) is 41.8 Å². The van der Waals surface area contributed by atoms with Gasteiger partial charge in [-0.3, -0.25) is 19.4 Å². The Kier molecular flexibility index (Phi) is 14.1. The molecule has 42 heavy (non-hydrogen) atoms. The van der Waals surface area contributed by atoms with Crippen LogP contribution in [-0.4, -0.2) is 92.6 Å². The molecule has 16 heteroatoms. The Morgan fingerprint density at radius 3 is 2.21 bits per heavy atom. The summed E-state index contributed by atoms with van der Waals surface area (Å²) in [6, 6.07) is 1.81. The SMILES string of the molecule is CSCCC(NC(=O)C(Cc1cnc[nH]1)NC(=O)C(N)Cc1ccc(O)cc1)C(=O)NC(CCCN=C(N)N)C(=O)O. The van der Waals surface area contributed by atoms with Crippen molar-refractivity contribution in [3.8, 4) is 5.75 Å². The highest BCUT2D eigenvalue weighted by atomic mass is 32.2. The number of H-pyrrole nitrogens is 1. The second kappa shape index (κ2) is 17.5. The number of carboxylic acids is 1. The Morgan fingerprint density at radius 1 is 0.976 bits per heavy atom. The van der Waals surface area contributed by atoms with E-state index in [9.17, 15) is 29.4 Å². The Morgan fingerprint density at radius 2 is 1.62 bits per heavy atom. The molecule has 0 saturated carbocycles. The molecule has 2 rings (SSSR count). The van der Waals surface area contributed by atoms with E-state index in [-0.39, 0.29) is 43.9 Å². The minimum atomic E-state index is -1.24. The van der Waals surface area contributed by atoms with Crippen LogP contribution in [0, 0.1) is 0 Å². The van der Waals surface area contributed by atoms with Crippen LogP contribution in [0.4, 0.5) is 0 Å². The van der Waals surface area contributed by atoms with Gasteiger partial charge in [-0.05, 0) is 55.4 Å². The van der Waals surface area contributed by atoms with Crippen molar-refractivity contribution in [1.82, 2.24) is 25.9 Å². The summed E-state index contributed by atoms with van der Waals surface area (Å²) in [5.41, 5.74) is 17.9. The molecule has 0 saturated heterocycles. The first-order chi connectivity index (χ1) is 20.0. The van der Waals surface area contributed by atoms with Gasteiger partial charge in [0.15, 0.2) is 5.96 Å². The smallest absolute Gasteiger partial charge is 0.326 e. The topological polar surface area (TPSA) is 264 Å². The number of phenolic OH excluding ortho intramolecular Hbond substituents is 1. The number of aromatic nitrogens is 2. The number of carbonyl (C=O) groups excluding carboxylic acids is 3. The highest BCUT2D eigenvalue weighted by Crippen LogP contribution is 2.11. The first-order valence-electron chi connectivity index (χ1n) is 13.2. The summed E-state index contributed by atoms with van der Waals surface area (Å²) < 4.78 is 0. The molecule has 1 aromatic carbocycles. The number of nitrogens with two attached hydrogens (primary N) is 3. The van der Waals surface area contributed by atoms with Crippen molar-refractivity contribution in [2.24, 2.45) is 22.2 Å². The van der Waals surface area contributed by atoms with E-state index in [2.05, 4.69) is 30.9 Å². The van der Waals surface area contributed by atoms with Crippen molar-refractivity contribution < 1.29 is 29.4 Å². The molecule has 0 spiro atoms. The quantitative estimate of drug-likeness (QED) is 0.0540. The van der Waals surface area contributed by atoms with E-state index in [4.69, 9.17) is 17.2 Å². The lowest BCUT2D eigenvalue weighted by Gasteiger charge is -2.25. The zero-order valence-corrected chi connectivity index (χ0v) is 24.1. The molecular formula is C26H39N9O6S. The fraction of sp³-hybridized carbons (Fsp3) is 0.462. The van der Waals surface area contributed by atoms with Gasteiger partial charge in [-0.2, -0.15) is 11.8 Å². The molecule has 0 aliphatic rings. The van der Waals surface area contributed by atoms with Gasteiger partial charge in [0, 0.05) is 24.9 Å². The Bertz CT molecular complexity index is 1190. The van der Waals surface area contributed by atoms with E-state index in [0.717, 1.165) is 0 Å². The normalized spacial score (nSPS) is 13.7. The Labute approximate surface area is 247 Å². The van der Waals surface area contributed by atoms with Crippen molar-refractivity contribution in [3.05, 3.63) is 48.0 Å². The molecular weight excluding hydrogens is 566 g/mol. The van der Waals surface area contributed by atoms with Crippen LogP contribution in [-0.2, 0) is 32.0 Å². The van der Waals surface area contributed by atoms with Crippen LogP contribution in [0.1, 0.15) is 30.5 Å². The highest BCUT2D eigenvalue weighted by Gasteiger charge is 2.30.